The number of ether oxygens (including phenoxy) is 1. The molecule has 2 unspecified atom stereocenters. The van der Waals surface area contributed by atoms with E-state index in [4.69, 9.17) is 16.3 Å². The third-order valence-electron chi connectivity index (χ3n) is 3.26. The van der Waals surface area contributed by atoms with Crippen LogP contribution in [0.25, 0.3) is 0 Å². The maximum absolute atomic E-state index is 12.2. The summed E-state index contributed by atoms with van der Waals surface area (Å²) in [7, 11) is -3.61. The molecule has 0 aliphatic carbocycles. The summed E-state index contributed by atoms with van der Waals surface area (Å²) in [5.74, 6) is 0. The van der Waals surface area contributed by atoms with Gasteiger partial charge in [0, 0.05) is 12.8 Å². The Kier molecular flexibility index (Phi) is 3.64. The normalized spacial score (nSPS) is 28.5. The summed E-state index contributed by atoms with van der Waals surface area (Å²) in [6.07, 6.45) is 1.85. The molecular weight excluding hydrogens is 276 g/mol. The maximum atomic E-state index is 12.2. The molecule has 2 heterocycles. The van der Waals surface area contributed by atoms with Crippen molar-refractivity contribution in [3.05, 3.63) is 23.5 Å². The van der Waals surface area contributed by atoms with Crippen molar-refractivity contribution >= 4 is 21.6 Å². The first-order valence-electron chi connectivity index (χ1n) is 5.61. The zero-order chi connectivity index (χ0) is 13.4. The summed E-state index contributed by atoms with van der Waals surface area (Å²) >= 11 is 5.70. The van der Waals surface area contributed by atoms with Gasteiger partial charge in [0.1, 0.15) is 5.15 Å². The highest BCUT2D eigenvalue weighted by Crippen LogP contribution is 2.27. The Hall–Kier alpha value is -0.690. The summed E-state index contributed by atoms with van der Waals surface area (Å²) < 4.78 is 32.6. The van der Waals surface area contributed by atoms with E-state index in [2.05, 4.69) is 9.71 Å². The average Bonchev–Trinajstić information content (AvgIpc) is 2.58. The molecule has 0 saturated carbocycles. The number of hydrogen-bond acceptors (Lipinski definition) is 4. The highest BCUT2D eigenvalue weighted by molar-refractivity contribution is 7.89. The van der Waals surface area contributed by atoms with Gasteiger partial charge in [0.25, 0.3) is 0 Å². The van der Waals surface area contributed by atoms with Crippen LogP contribution in [0.2, 0.25) is 5.15 Å². The maximum Gasteiger partial charge on any atom is 0.241 e. The zero-order valence-electron chi connectivity index (χ0n) is 10.2. The molecule has 7 heteroatoms. The SMILES string of the molecule is CC1OCCC1(C)NS(=O)(=O)c1ccnc(Cl)c1. The lowest BCUT2D eigenvalue weighted by Crippen LogP contribution is -2.50. The lowest BCUT2D eigenvalue weighted by atomic mass is 9.97. The lowest BCUT2D eigenvalue weighted by molar-refractivity contribution is 0.0957. The van der Waals surface area contributed by atoms with E-state index in [9.17, 15) is 8.42 Å². The van der Waals surface area contributed by atoms with E-state index < -0.39 is 15.6 Å². The number of hydrogen-bond donors (Lipinski definition) is 1. The van der Waals surface area contributed by atoms with Crippen molar-refractivity contribution in [1.29, 1.82) is 0 Å². The molecule has 2 rings (SSSR count). The topological polar surface area (TPSA) is 68.3 Å². The van der Waals surface area contributed by atoms with Crippen LogP contribution >= 0.6 is 11.6 Å². The second-order valence-electron chi connectivity index (χ2n) is 4.60. The van der Waals surface area contributed by atoms with Crippen molar-refractivity contribution in [2.24, 2.45) is 0 Å². The van der Waals surface area contributed by atoms with E-state index in [1.54, 1.807) is 0 Å². The average molecular weight is 291 g/mol. The van der Waals surface area contributed by atoms with Gasteiger partial charge in [0.2, 0.25) is 10.0 Å². The third kappa shape index (κ3) is 2.66. The van der Waals surface area contributed by atoms with Crippen LogP contribution in [0.5, 0.6) is 0 Å². The molecule has 1 saturated heterocycles. The number of nitrogens with one attached hydrogen (secondary N) is 1. The van der Waals surface area contributed by atoms with Gasteiger partial charge in [-0.25, -0.2) is 18.1 Å². The van der Waals surface area contributed by atoms with E-state index in [0.717, 1.165) is 0 Å². The Labute approximate surface area is 112 Å². The fourth-order valence-electron chi connectivity index (χ4n) is 1.89. The molecule has 1 aromatic heterocycles. The predicted molar refractivity (Wildman–Crippen MR) is 68.0 cm³/mol. The van der Waals surface area contributed by atoms with Crippen LogP contribution in [-0.2, 0) is 14.8 Å². The molecule has 1 aliphatic heterocycles. The minimum Gasteiger partial charge on any atom is -0.376 e. The van der Waals surface area contributed by atoms with Crippen LogP contribution in [0.15, 0.2) is 23.2 Å². The molecule has 0 amide bonds. The van der Waals surface area contributed by atoms with Crippen molar-refractivity contribution in [1.82, 2.24) is 9.71 Å². The second kappa shape index (κ2) is 4.77. The highest BCUT2D eigenvalue weighted by atomic mass is 35.5. The van der Waals surface area contributed by atoms with Gasteiger partial charge in [0.05, 0.1) is 16.5 Å². The summed E-state index contributed by atoms with van der Waals surface area (Å²) in [4.78, 5) is 3.88. The van der Waals surface area contributed by atoms with Gasteiger partial charge in [0.15, 0.2) is 0 Å². The molecule has 1 fully saturated rings. The van der Waals surface area contributed by atoms with Crippen LogP contribution in [0, 0.1) is 0 Å². The fraction of sp³-hybridized carbons (Fsp3) is 0.545. The Morgan fingerprint density at radius 2 is 2.33 bits per heavy atom. The van der Waals surface area contributed by atoms with Crippen LogP contribution in [0.3, 0.4) is 0 Å². The first kappa shape index (κ1) is 13.7. The van der Waals surface area contributed by atoms with Crippen LogP contribution < -0.4 is 4.72 Å². The summed E-state index contributed by atoms with van der Waals surface area (Å²) in [5.41, 5.74) is -0.589. The van der Waals surface area contributed by atoms with Gasteiger partial charge < -0.3 is 4.74 Å². The van der Waals surface area contributed by atoms with Gasteiger partial charge in [-0.1, -0.05) is 11.6 Å². The molecule has 100 valence electrons. The molecule has 1 aromatic rings. The molecule has 1 aliphatic rings. The fourth-order valence-corrected chi connectivity index (χ4v) is 3.63. The van der Waals surface area contributed by atoms with E-state index >= 15 is 0 Å². The van der Waals surface area contributed by atoms with E-state index in [-0.39, 0.29) is 16.2 Å². The largest absolute Gasteiger partial charge is 0.376 e. The third-order valence-corrected chi connectivity index (χ3v) is 5.08. The van der Waals surface area contributed by atoms with E-state index in [1.807, 2.05) is 13.8 Å². The number of pyridine rings is 1. The smallest absolute Gasteiger partial charge is 0.241 e. The molecule has 5 nitrogen and oxygen atoms in total. The van der Waals surface area contributed by atoms with Gasteiger partial charge >= 0.3 is 0 Å². The van der Waals surface area contributed by atoms with Crippen molar-refractivity contribution in [3.63, 3.8) is 0 Å². The first-order valence-corrected chi connectivity index (χ1v) is 7.47. The number of nitrogens with zero attached hydrogens (tertiary/aromatic N) is 1. The summed E-state index contributed by atoms with van der Waals surface area (Å²) in [5, 5.41) is 0.152. The molecule has 2 atom stereocenters. The van der Waals surface area contributed by atoms with Crippen molar-refractivity contribution in [2.75, 3.05) is 6.61 Å². The molecule has 0 bridgehead atoms. The molecule has 0 spiro atoms. The number of aromatic nitrogens is 1. The molecule has 1 N–H and O–H groups in total. The van der Waals surface area contributed by atoms with Crippen LogP contribution in [-0.4, -0.2) is 31.7 Å². The molecule has 0 aromatic carbocycles. The minimum atomic E-state index is -3.61. The Morgan fingerprint density at radius 1 is 1.61 bits per heavy atom. The lowest BCUT2D eigenvalue weighted by Gasteiger charge is -2.28. The van der Waals surface area contributed by atoms with Crippen LogP contribution in [0.1, 0.15) is 20.3 Å². The summed E-state index contributed by atoms with van der Waals surface area (Å²) in [6, 6.07) is 2.74. The van der Waals surface area contributed by atoms with Crippen molar-refractivity contribution in [2.45, 2.75) is 36.8 Å². The predicted octanol–water partition coefficient (Wildman–Crippen LogP) is 1.58. The molecular formula is C11H15ClN2O3S. The number of sulfonamides is 1. The molecule has 0 radical (unpaired) electrons. The second-order valence-corrected chi connectivity index (χ2v) is 6.67. The van der Waals surface area contributed by atoms with Crippen LogP contribution in [0.4, 0.5) is 0 Å². The number of halogens is 1. The number of rotatable bonds is 3. The Morgan fingerprint density at radius 3 is 2.89 bits per heavy atom. The van der Waals surface area contributed by atoms with Gasteiger partial charge in [-0.3, -0.25) is 0 Å². The standard InChI is InChI=1S/C11H15ClN2O3S/c1-8-11(2,4-6-17-8)14-18(15,16)9-3-5-13-10(12)7-9/h3,5,7-8,14H,4,6H2,1-2H3. The van der Waals surface area contributed by atoms with Crippen molar-refractivity contribution < 1.29 is 13.2 Å². The van der Waals surface area contributed by atoms with E-state index in [0.29, 0.717) is 13.0 Å². The Balaban J connectivity index is 2.28. The summed E-state index contributed by atoms with van der Waals surface area (Å²) in [6.45, 7) is 4.25. The Bertz CT molecular complexity index is 549. The molecule has 18 heavy (non-hydrogen) atoms. The minimum absolute atomic E-state index is 0.114. The van der Waals surface area contributed by atoms with Gasteiger partial charge in [-0.05, 0) is 32.4 Å². The monoisotopic (exact) mass is 290 g/mol. The first-order chi connectivity index (χ1) is 8.33. The van der Waals surface area contributed by atoms with E-state index in [1.165, 1.54) is 18.3 Å². The van der Waals surface area contributed by atoms with Gasteiger partial charge in [-0.2, -0.15) is 0 Å². The quantitative estimate of drug-likeness (QED) is 0.858. The van der Waals surface area contributed by atoms with Crippen molar-refractivity contribution in [3.8, 4) is 0 Å². The van der Waals surface area contributed by atoms with Gasteiger partial charge in [-0.15, -0.1) is 0 Å². The zero-order valence-corrected chi connectivity index (χ0v) is 11.8. The highest BCUT2D eigenvalue weighted by Gasteiger charge is 2.40.